The van der Waals surface area contributed by atoms with E-state index in [-0.39, 0.29) is 0 Å². The maximum Gasteiger partial charge on any atom is 0.326 e. The maximum absolute atomic E-state index is 13.8. The summed E-state index contributed by atoms with van der Waals surface area (Å²) in [6.45, 7) is 0.567. The average Bonchev–Trinajstić information content (AvgIpc) is 2.43. The predicted octanol–water partition coefficient (Wildman–Crippen LogP) is -2.36. The summed E-state index contributed by atoms with van der Waals surface area (Å²) in [4.78, 5) is 59.2. The third-order valence-electron chi connectivity index (χ3n) is 4.15. The lowest BCUT2D eigenvalue weighted by atomic mass is 9.56. The Labute approximate surface area is 136 Å². The van der Waals surface area contributed by atoms with E-state index in [1.54, 1.807) is 0 Å². The Morgan fingerprint density at radius 2 is 1.25 bits per heavy atom. The smallest absolute Gasteiger partial charge is 0.326 e. The van der Waals surface area contributed by atoms with E-state index in [2.05, 4.69) is 0 Å². The highest BCUT2D eigenvalue weighted by Crippen LogP contribution is 2.45. The molecule has 3 atom stereocenters. The fourth-order valence-electron chi connectivity index (χ4n) is 2.86. The second kappa shape index (κ2) is 6.93. The molecule has 0 spiro atoms. The van der Waals surface area contributed by atoms with Gasteiger partial charge in [0.1, 0.15) is 6.10 Å². The largest absolute Gasteiger partial charge is 0.394 e. The molecule has 0 fully saturated rings. The second-order valence-electron chi connectivity index (χ2n) is 5.42. The van der Waals surface area contributed by atoms with Crippen LogP contribution in [0.1, 0.15) is 27.7 Å². The summed E-state index contributed by atoms with van der Waals surface area (Å²) in [5.74, 6) is -6.66. The molecule has 10 heteroatoms. The first-order valence-electron chi connectivity index (χ1n) is 6.68. The number of rotatable bonds is 9. The lowest BCUT2D eigenvalue weighted by molar-refractivity contribution is -0.233. The van der Waals surface area contributed by atoms with Gasteiger partial charge in [0, 0.05) is 0 Å². The number of carbonyl (C=O) groups excluding carboxylic acids is 5. The van der Waals surface area contributed by atoms with Gasteiger partial charge in [0.05, 0.1) is 6.61 Å². The molecule has 0 aliphatic rings. The van der Waals surface area contributed by atoms with Crippen LogP contribution in [-0.4, -0.2) is 73.5 Å². The Morgan fingerprint density at radius 3 is 1.42 bits per heavy atom. The average molecular weight is 350 g/mol. The molecule has 0 aliphatic heterocycles. The number of aliphatic hydroxyl groups is 4. The Hall–Kier alpha value is -1.88. The molecule has 0 saturated carbocycles. The molecule has 0 unspecified atom stereocenters. The van der Waals surface area contributed by atoms with Crippen molar-refractivity contribution in [2.75, 3.05) is 6.61 Å². The van der Waals surface area contributed by atoms with E-state index in [9.17, 15) is 43.7 Å². The highest BCUT2D eigenvalue weighted by atomic mass is 19.1. The van der Waals surface area contributed by atoms with Gasteiger partial charge in [0.25, 0.3) is 0 Å². The maximum atomic E-state index is 13.8. The van der Waals surface area contributed by atoms with Gasteiger partial charge >= 0.3 is 6.04 Å². The molecular formula is C14H19FO9. The van der Waals surface area contributed by atoms with Gasteiger partial charge in [0.2, 0.25) is 5.41 Å². The van der Waals surface area contributed by atoms with Crippen molar-refractivity contribution in [1.82, 2.24) is 0 Å². The van der Waals surface area contributed by atoms with E-state index in [1.807, 2.05) is 0 Å². The van der Waals surface area contributed by atoms with E-state index < -0.39 is 58.5 Å². The lowest BCUT2D eigenvalue weighted by Gasteiger charge is -2.49. The van der Waals surface area contributed by atoms with Gasteiger partial charge < -0.3 is 20.4 Å². The van der Waals surface area contributed by atoms with Crippen LogP contribution in [0.25, 0.3) is 0 Å². The van der Waals surface area contributed by atoms with Gasteiger partial charge in [-0.05, 0) is 27.7 Å². The zero-order chi connectivity index (χ0) is 19.7. The van der Waals surface area contributed by atoms with Crippen LogP contribution in [0.15, 0.2) is 0 Å². The molecule has 0 amide bonds. The molecule has 9 nitrogen and oxygen atoms in total. The molecule has 136 valence electrons. The Kier molecular flexibility index (Phi) is 6.39. The fraction of sp³-hybridized carbons (Fsp3) is 0.643. The summed E-state index contributed by atoms with van der Waals surface area (Å²) >= 11 is 0. The number of hydrogen-bond donors (Lipinski definition) is 4. The van der Waals surface area contributed by atoms with E-state index in [4.69, 9.17) is 5.11 Å². The minimum Gasteiger partial charge on any atom is -0.394 e. The van der Waals surface area contributed by atoms with Gasteiger partial charge in [-0.1, -0.05) is 0 Å². The van der Waals surface area contributed by atoms with Gasteiger partial charge in [-0.3, -0.25) is 24.0 Å². The SMILES string of the molecule is CC(=O)C(C(C)=O)(C(=O)F)[C@](O)(C(C)=O)[C@@](O)(C(C)=O)[C@H](O)CO. The number of halogens is 1. The second-order valence-corrected chi connectivity index (χ2v) is 5.42. The van der Waals surface area contributed by atoms with Gasteiger partial charge in [-0.2, -0.15) is 4.39 Å². The zero-order valence-electron chi connectivity index (χ0n) is 13.5. The molecule has 0 radical (unpaired) electrons. The molecule has 24 heavy (non-hydrogen) atoms. The van der Waals surface area contributed by atoms with Crippen molar-refractivity contribution >= 4 is 29.2 Å². The van der Waals surface area contributed by atoms with Crippen LogP contribution >= 0.6 is 0 Å². The Balaban J connectivity index is 7.36. The third-order valence-corrected chi connectivity index (χ3v) is 4.15. The van der Waals surface area contributed by atoms with Gasteiger partial charge in [-0.25, -0.2) is 0 Å². The van der Waals surface area contributed by atoms with E-state index in [1.165, 1.54) is 0 Å². The van der Waals surface area contributed by atoms with Gasteiger partial charge in [0.15, 0.2) is 34.3 Å². The van der Waals surface area contributed by atoms with Crippen LogP contribution in [0.3, 0.4) is 0 Å². The lowest BCUT2D eigenvalue weighted by Crippen LogP contribution is -2.79. The molecule has 0 aliphatic carbocycles. The highest BCUT2D eigenvalue weighted by Gasteiger charge is 2.77. The minimum absolute atomic E-state index is 0.474. The first-order chi connectivity index (χ1) is 10.7. The van der Waals surface area contributed by atoms with E-state index >= 15 is 0 Å². The van der Waals surface area contributed by atoms with Crippen molar-refractivity contribution < 1.29 is 48.8 Å². The van der Waals surface area contributed by atoms with E-state index in [0.29, 0.717) is 27.7 Å². The normalized spacial score (nSPS) is 18.0. The van der Waals surface area contributed by atoms with Crippen LogP contribution in [0.2, 0.25) is 0 Å². The summed E-state index contributed by atoms with van der Waals surface area (Å²) in [5, 5.41) is 39.9. The van der Waals surface area contributed by atoms with Crippen LogP contribution in [0.5, 0.6) is 0 Å². The third kappa shape index (κ3) is 2.51. The molecule has 0 heterocycles. The van der Waals surface area contributed by atoms with Crippen molar-refractivity contribution in [2.24, 2.45) is 5.41 Å². The minimum atomic E-state index is -3.99. The monoisotopic (exact) mass is 350 g/mol. The Bertz CT molecular complexity index is 563. The van der Waals surface area contributed by atoms with E-state index in [0.717, 1.165) is 0 Å². The summed E-state index contributed by atoms with van der Waals surface area (Å²) in [6, 6.07) is -2.80. The first kappa shape index (κ1) is 22.1. The first-order valence-corrected chi connectivity index (χ1v) is 6.68. The predicted molar refractivity (Wildman–Crippen MR) is 74.3 cm³/mol. The van der Waals surface area contributed by atoms with Gasteiger partial charge in [-0.15, -0.1) is 0 Å². The summed E-state index contributed by atoms with van der Waals surface area (Å²) < 4.78 is 13.8. The quantitative estimate of drug-likeness (QED) is 0.263. The molecular weight excluding hydrogens is 331 g/mol. The molecule has 4 N–H and O–H groups in total. The fourth-order valence-corrected chi connectivity index (χ4v) is 2.86. The summed E-state index contributed by atoms with van der Waals surface area (Å²) in [5.41, 5.74) is -11.5. The zero-order valence-corrected chi connectivity index (χ0v) is 13.5. The summed E-state index contributed by atoms with van der Waals surface area (Å²) in [7, 11) is 0. The summed E-state index contributed by atoms with van der Waals surface area (Å²) in [6.07, 6.45) is -2.61. The van der Waals surface area contributed by atoms with Crippen LogP contribution in [-0.2, 0) is 24.0 Å². The molecule has 0 aromatic rings. The Morgan fingerprint density at radius 1 is 0.875 bits per heavy atom. The topological polar surface area (TPSA) is 166 Å². The number of carbonyl (C=O) groups is 5. The van der Waals surface area contributed by atoms with Crippen LogP contribution < -0.4 is 0 Å². The molecule has 0 bridgehead atoms. The number of aliphatic hydroxyl groups excluding tert-OH is 2. The standard InChI is InChI=1S/C14H19FO9/c1-6(17)12(7(2)18,11(15)22)14(24,9(4)20)13(23,8(3)19)10(21)5-16/h10,16,21,23-24H,5H2,1-4H3/t10-,13-,14-/m1/s1. The van der Waals surface area contributed by atoms with Crippen LogP contribution in [0, 0.1) is 5.41 Å². The van der Waals surface area contributed by atoms with Crippen LogP contribution in [0.4, 0.5) is 4.39 Å². The molecule has 0 saturated heterocycles. The molecule has 0 rings (SSSR count). The molecule has 0 aromatic heterocycles. The molecule has 0 aromatic carbocycles. The number of hydrogen-bond acceptors (Lipinski definition) is 9. The number of ketones is 4. The highest BCUT2D eigenvalue weighted by molar-refractivity contribution is 6.26. The van der Waals surface area contributed by atoms with Crippen molar-refractivity contribution in [3.63, 3.8) is 0 Å². The van der Waals surface area contributed by atoms with Crippen molar-refractivity contribution in [3.8, 4) is 0 Å². The number of Topliss-reactive ketones (excluding diaryl/α,β-unsaturated/α-hetero) is 4. The van der Waals surface area contributed by atoms with Crippen molar-refractivity contribution in [2.45, 2.75) is 45.0 Å². The van der Waals surface area contributed by atoms with Crippen molar-refractivity contribution in [3.05, 3.63) is 0 Å². The van der Waals surface area contributed by atoms with Crippen molar-refractivity contribution in [1.29, 1.82) is 0 Å².